The molecule has 1 saturated carbocycles. The third-order valence-electron chi connectivity index (χ3n) is 7.47. The van der Waals surface area contributed by atoms with Crippen molar-refractivity contribution in [1.29, 1.82) is 5.41 Å². The van der Waals surface area contributed by atoms with E-state index in [4.69, 9.17) is 11.1 Å². The Bertz CT molecular complexity index is 1100. The molecule has 1 saturated heterocycles. The van der Waals surface area contributed by atoms with Gasteiger partial charge in [0.05, 0.1) is 12.3 Å². The van der Waals surface area contributed by atoms with E-state index in [0.29, 0.717) is 31.0 Å². The highest BCUT2D eigenvalue weighted by Crippen LogP contribution is 2.41. The zero-order valence-electron chi connectivity index (χ0n) is 20.4. The van der Waals surface area contributed by atoms with Crippen LogP contribution in [0.1, 0.15) is 54.7 Å². The first-order valence-corrected chi connectivity index (χ1v) is 12.6. The Kier molecular flexibility index (Phi) is 8.03. The quantitative estimate of drug-likeness (QED) is 0.284. The summed E-state index contributed by atoms with van der Waals surface area (Å²) in [7, 11) is 0. The van der Waals surface area contributed by atoms with Crippen LogP contribution >= 0.6 is 0 Å². The van der Waals surface area contributed by atoms with Gasteiger partial charge >= 0.3 is 5.97 Å². The van der Waals surface area contributed by atoms with E-state index in [1.807, 2.05) is 42.5 Å². The number of nitrogen functional groups attached to an aromatic ring is 1. The number of likely N-dealkylation sites (tertiary alicyclic amines) is 1. The highest BCUT2D eigenvalue weighted by Gasteiger charge is 2.41. The standard InChI is InChI=1S/C28H34N4O4/c29-26(30)20-10-8-19(9-11-20)21-13-22(14-21)27(35)31-17-24-15-23(16-25(33)34)28(36)32(24)12-4-7-18-5-2-1-3-6-18/h1-3,5-6,8-11,21-24H,4,7,12-17H2,(H3,29,30)(H,31,35)(H,33,34)/t21-,22+,23-,24-/m0/s1. The van der Waals surface area contributed by atoms with Crippen molar-refractivity contribution in [2.24, 2.45) is 17.6 Å². The molecule has 190 valence electrons. The van der Waals surface area contributed by atoms with Crippen molar-refractivity contribution < 1.29 is 19.5 Å². The molecule has 2 fully saturated rings. The molecule has 0 unspecified atom stereocenters. The molecule has 4 rings (SSSR count). The van der Waals surface area contributed by atoms with Crippen LogP contribution in [0.2, 0.25) is 0 Å². The van der Waals surface area contributed by atoms with E-state index < -0.39 is 11.9 Å². The number of carboxylic acid groups (broad SMARTS) is 1. The number of nitrogens with one attached hydrogen (secondary N) is 2. The number of carbonyl (C=O) groups is 3. The summed E-state index contributed by atoms with van der Waals surface area (Å²) in [5, 5.41) is 19.8. The van der Waals surface area contributed by atoms with Crippen LogP contribution in [0.3, 0.4) is 0 Å². The Labute approximate surface area is 211 Å². The van der Waals surface area contributed by atoms with Crippen LogP contribution in [-0.2, 0) is 20.8 Å². The molecular formula is C28H34N4O4. The van der Waals surface area contributed by atoms with Crippen molar-refractivity contribution in [3.63, 3.8) is 0 Å². The molecule has 36 heavy (non-hydrogen) atoms. The smallest absolute Gasteiger partial charge is 0.304 e. The molecule has 0 spiro atoms. The van der Waals surface area contributed by atoms with Gasteiger partial charge < -0.3 is 21.1 Å². The monoisotopic (exact) mass is 490 g/mol. The summed E-state index contributed by atoms with van der Waals surface area (Å²) in [4.78, 5) is 38.8. The van der Waals surface area contributed by atoms with E-state index in [1.165, 1.54) is 5.56 Å². The summed E-state index contributed by atoms with van der Waals surface area (Å²) in [5.74, 6) is -1.36. The van der Waals surface area contributed by atoms with Crippen molar-refractivity contribution in [2.75, 3.05) is 13.1 Å². The number of nitrogens with two attached hydrogens (primary N) is 1. The van der Waals surface area contributed by atoms with E-state index in [-0.39, 0.29) is 36.0 Å². The second-order valence-electron chi connectivity index (χ2n) is 9.95. The molecule has 2 amide bonds. The van der Waals surface area contributed by atoms with Gasteiger partial charge in [-0.2, -0.15) is 0 Å². The van der Waals surface area contributed by atoms with Crippen LogP contribution in [0.25, 0.3) is 0 Å². The number of aliphatic carboxylic acids is 1. The van der Waals surface area contributed by atoms with Gasteiger partial charge in [-0.25, -0.2) is 0 Å². The number of hydrogen-bond donors (Lipinski definition) is 4. The number of hydrogen-bond acceptors (Lipinski definition) is 4. The maximum atomic E-state index is 12.9. The minimum Gasteiger partial charge on any atom is -0.481 e. The first-order valence-electron chi connectivity index (χ1n) is 12.6. The van der Waals surface area contributed by atoms with E-state index in [2.05, 4.69) is 17.4 Å². The maximum Gasteiger partial charge on any atom is 0.304 e. The maximum absolute atomic E-state index is 12.9. The summed E-state index contributed by atoms with van der Waals surface area (Å²) in [5.41, 5.74) is 8.55. The Balaban J connectivity index is 1.28. The van der Waals surface area contributed by atoms with Crippen LogP contribution in [0.15, 0.2) is 54.6 Å². The molecule has 2 aliphatic rings. The number of amidine groups is 1. The summed E-state index contributed by atoms with van der Waals surface area (Å²) in [6, 6.07) is 17.5. The topological polar surface area (TPSA) is 137 Å². The number of aryl methyl sites for hydroxylation is 1. The number of nitrogens with zero attached hydrogens (tertiary/aromatic N) is 1. The summed E-state index contributed by atoms with van der Waals surface area (Å²) in [6.07, 6.45) is 3.42. The van der Waals surface area contributed by atoms with Crippen molar-refractivity contribution in [2.45, 2.75) is 50.5 Å². The Morgan fingerprint density at radius 3 is 2.39 bits per heavy atom. The minimum absolute atomic E-state index is 0.00928. The van der Waals surface area contributed by atoms with Crippen molar-refractivity contribution in [3.05, 3.63) is 71.3 Å². The molecule has 0 radical (unpaired) electrons. The van der Waals surface area contributed by atoms with Gasteiger partial charge in [-0.05, 0) is 49.1 Å². The van der Waals surface area contributed by atoms with E-state index in [9.17, 15) is 19.5 Å². The van der Waals surface area contributed by atoms with Crippen molar-refractivity contribution in [1.82, 2.24) is 10.2 Å². The van der Waals surface area contributed by atoms with Gasteiger partial charge in [-0.1, -0.05) is 54.6 Å². The number of rotatable bonds is 11. The fourth-order valence-corrected chi connectivity index (χ4v) is 5.34. The Hall–Kier alpha value is -3.68. The number of benzene rings is 2. The van der Waals surface area contributed by atoms with Crippen LogP contribution in [0.5, 0.6) is 0 Å². The average Bonchev–Trinajstić information content (AvgIpc) is 3.11. The predicted octanol–water partition coefficient (Wildman–Crippen LogP) is 2.91. The summed E-state index contributed by atoms with van der Waals surface area (Å²) >= 11 is 0. The van der Waals surface area contributed by atoms with E-state index >= 15 is 0 Å². The van der Waals surface area contributed by atoms with Crippen molar-refractivity contribution in [3.8, 4) is 0 Å². The molecular weight excluding hydrogens is 456 g/mol. The fourth-order valence-electron chi connectivity index (χ4n) is 5.34. The molecule has 2 atom stereocenters. The van der Waals surface area contributed by atoms with Gasteiger partial charge in [0, 0.05) is 30.6 Å². The van der Waals surface area contributed by atoms with Crippen LogP contribution < -0.4 is 11.1 Å². The number of carboxylic acids is 1. The second-order valence-corrected chi connectivity index (χ2v) is 9.95. The Morgan fingerprint density at radius 2 is 1.75 bits per heavy atom. The molecule has 1 aliphatic carbocycles. The SMILES string of the molecule is N=C(N)c1ccc([C@H]2C[C@@H](C(=O)NC[C@@H]3C[C@@H](CC(=O)O)C(=O)N3CCCc3ccccc3)C2)cc1. The predicted molar refractivity (Wildman–Crippen MR) is 137 cm³/mol. The normalized spacial score (nSPS) is 23.2. The van der Waals surface area contributed by atoms with E-state index in [1.54, 1.807) is 4.90 Å². The third kappa shape index (κ3) is 6.11. The van der Waals surface area contributed by atoms with Crippen LogP contribution in [0, 0.1) is 17.2 Å². The molecule has 1 heterocycles. The lowest BCUT2D eigenvalue weighted by Crippen LogP contribution is -2.45. The molecule has 8 nitrogen and oxygen atoms in total. The first-order chi connectivity index (χ1) is 17.3. The molecule has 0 aromatic heterocycles. The van der Waals surface area contributed by atoms with Crippen LogP contribution in [-0.4, -0.2) is 52.8 Å². The minimum atomic E-state index is -0.973. The lowest BCUT2D eigenvalue weighted by atomic mass is 9.71. The number of carbonyl (C=O) groups excluding carboxylic acids is 2. The second kappa shape index (κ2) is 11.4. The number of amides is 2. The first kappa shape index (κ1) is 25.4. The molecule has 0 bridgehead atoms. The average molecular weight is 491 g/mol. The van der Waals surface area contributed by atoms with E-state index in [0.717, 1.165) is 31.2 Å². The molecule has 8 heteroatoms. The van der Waals surface area contributed by atoms with Gasteiger partial charge in [-0.3, -0.25) is 19.8 Å². The van der Waals surface area contributed by atoms with Crippen molar-refractivity contribution >= 4 is 23.6 Å². The molecule has 5 N–H and O–H groups in total. The lowest BCUT2D eigenvalue weighted by Gasteiger charge is -2.35. The van der Waals surface area contributed by atoms with Gasteiger partial charge in [0.25, 0.3) is 0 Å². The van der Waals surface area contributed by atoms with Crippen LogP contribution in [0.4, 0.5) is 0 Å². The zero-order valence-corrected chi connectivity index (χ0v) is 20.4. The van der Waals surface area contributed by atoms with Gasteiger partial charge in [-0.15, -0.1) is 0 Å². The fraction of sp³-hybridized carbons (Fsp3) is 0.429. The third-order valence-corrected chi connectivity index (χ3v) is 7.47. The highest BCUT2D eigenvalue weighted by atomic mass is 16.4. The highest BCUT2D eigenvalue weighted by molar-refractivity contribution is 5.94. The molecule has 2 aromatic carbocycles. The molecule has 1 aliphatic heterocycles. The zero-order chi connectivity index (χ0) is 25.7. The largest absolute Gasteiger partial charge is 0.481 e. The summed E-state index contributed by atoms with van der Waals surface area (Å²) < 4.78 is 0. The van der Waals surface area contributed by atoms with Gasteiger partial charge in [0.2, 0.25) is 11.8 Å². The van der Waals surface area contributed by atoms with Gasteiger partial charge in [0.1, 0.15) is 5.84 Å². The Morgan fingerprint density at radius 1 is 1.06 bits per heavy atom. The summed E-state index contributed by atoms with van der Waals surface area (Å²) in [6.45, 7) is 0.895. The lowest BCUT2D eigenvalue weighted by molar-refractivity contribution is -0.142. The van der Waals surface area contributed by atoms with Gasteiger partial charge in [0.15, 0.2) is 0 Å². The molecule has 2 aromatic rings.